The largest absolute Gasteiger partial charge is 0.497 e. The zero-order chi connectivity index (χ0) is 15.5. The summed E-state index contributed by atoms with van der Waals surface area (Å²) in [5, 5.41) is 8.91. The summed E-state index contributed by atoms with van der Waals surface area (Å²) in [4.78, 5) is 11.1. The predicted octanol–water partition coefficient (Wildman–Crippen LogP) is 3.07. The van der Waals surface area contributed by atoms with Crippen molar-refractivity contribution >= 4 is 5.97 Å². The van der Waals surface area contributed by atoms with Crippen molar-refractivity contribution in [2.24, 2.45) is 0 Å². The Hall–Kier alpha value is -2.22. The van der Waals surface area contributed by atoms with E-state index in [2.05, 4.69) is 6.07 Å². The zero-order valence-electron chi connectivity index (χ0n) is 12.6. The molecule has 0 fully saturated rings. The molecule has 0 radical (unpaired) electrons. The highest BCUT2D eigenvalue weighted by molar-refractivity contribution is 5.69. The second-order valence-electron chi connectivity index (χ2n) is 4.47. The Bertz CT molecular complexity index is 494. The maximum Gasteiger partial charge on any atom is 0.305 e. The fourth-order valence-electron chi connectivity index (χ4n) is 1.81. The van der Waals surface area contributed by atoms with Crippen LogP contribution in [0.4, 0.5) is 0 Å². The zero-order valence-corrected chi connectivity index (χ0v) is 12.6. The Labute approximate surface area is 125 Å². The molecule has 0 aromatic heterocycles. The molecule has 0 saturated heterocycles. The molecule has 0 spiro atoms. The van der Waals surface area contributed by atoms with Crippen molar-refractivity contribution in [2.45, 2.75) is 32.6 Å². The monoisotopic (exact) mass is 291 g/mol. The highest BCUT2D eigenvalue weighted by Crippen LogP contribution is 2.22. The molecular weight excluding hydrogens is 270 g/mol. The van der Waals surface area contributed by atoms with Gasteiger partial charge in [0.25, 0.3) is 0 Å². The molecule has 114 valence electrons. The lowest BCUT2D eigenvalue weighted by Crippen LogP contribution is -2.04. The van der Waals surface area contributed by atoms with Crippen LogP contribution in [0.3, 0.4) is 0 Å². The van der Waals surface area contributed by atoms with E-state index in [0.717, 1.165) is 19.3 Å². The second kappa shape index (κ2) is 9.65. The van der Waals surface area contributed by atoms with Gasteiger partial charge in [-0.25, -0.2) is 0 Å². The van der Waals surface area contributed by atoms with Crippen LogP contribution in [0.2, 0.25) is 0 Å². The topological polar surface area (TPSA) is 68.5 Å². The lowest BCUT2D eigenvalue weighted by Gasteiger charge is -2.08. The van der Waals surface area contributed by atoms with Crippen molar-refractivity contribution in [2.75, 3.05) is 20.3 Å². The van der Waals surface area contributed by atoms with Gasteiger partial charge < -0.3 is 14.2 Å². The van der Waals surface area contributed by atoms with Crippen molar-refractivity contribution in [3.05, 3.63) is 23.8 Å². The summed E-state index contributed by atoms with van der Waals surface area (Å²) in [6, 6.07) is 7.16. The summed E-state index contributed by atoms with van der Waals surface area (Å²) >= 11 is 0. The van der Waals surface area contributed by atoms with E-state index in [0.29, 0.717) is 36.7 Å². The third kappa shape index (κ3) is 6.66. The lowest BCUT2D eigenvalue weighted by atomic mass is 10.2. The molecule has 21 heavy (non-hydrogen) atoms. The van der Waals surface area contributed by atoms with Crippen LogP contribution in [0.25, 0.3) is 0 Å². The molecule has 0 saturated carbocycles. The third-order valence-electron chi connectivity index (χ3n) is 2.84. The first-order chi connectivity index (χ1) is 10.2. The van der Waals surface area contributed by atoms with Gasteiger partial charge in [-0.2, -0.15) is 5.26 Å². The van der Waals surface area contributed by atoms with Crippen molar-refractivity contribution < 1.29 is 19.0 Å². The van der Waals surface area contributed by atoms with Crippen molar-refractivity contribution in [1.82, 2.24) is 0 Å². The number of carbonyl (C=O) groups excluding carboxylic acids is 1. The van der Waals surface area contributed by atoms with E-state index in [4.69, 9.17) is 19.5 Å². The fraction of sp³-hybridized carbons (Fsp3) is 0.500. The molecule has 0 aliphatic heterocycles. The van der Waals surface area contributed by atoms with Gasteiger partial charge in [-0.3, -0.25) is 4.79 Å². The molecule has 0 N–H and O–H groups in total. The smallest absolute Gasteiger partial charge is 0.305 e. The summed E-state index contributed by atoms with van der Waals surface area (Å²) in [6.07, 6.45) is 2.99. The Kier molecular flexibility index (Phi) is 7.73. The highest BCUT2D eigenvalue weighted by atomic mass is 16.5. The van der Waals surface area contributed by atoms with E-state index in [-0.39, 0.29) is 5.97 Å². The molecule has 0 aliphatic rings. The SMILES string of the molecule is CCOC(=O)CCCCCOc1cc(C#N)cc(OC)c1. The number of methoxy groups -OCH3 is 1. The predicted molar refractivity (Wildman–Crippen MR) is 78.3 cm³/mol. The highest BCUT2D eigenvalue weighted by Gasteiger charge is 2.03. The number of hydrogen-bond donors (Lipinski definition) is 0. The van der Waals surface area contributed by atoms with Gasteiger partial charge >= 0.3 is 5.97 Å². The number of hydrogen-bond acceptors (Lipinski definition) is 5. The molecule has 0 bridgehead atoms. The van der Waals surface area contributed by atoms with Crippen molar-refractivity contribution in [3.63, 3.8) is 0 Å². The number of ether oxygens (including phenoxy) is 3. The quantitative estimate of drug-likeness (QED) is 0.516. The number of nitriles is 1. The van der Waals surface area contributed by atoms with E-state index < -0.39 is 0 Å². The van der Waals surface area contributed by atoms with Gasteiger partial charge in [0.05, 0.1) is 32.0 Å². The Balaban J connectivity index is 2.27. The molecule has 5 nitrogen and oxygen atoms in total. The third-order valence-corrected chi connectivity index (χ3v) is 2.84. The van der Waals surface area contributed by atoms with Crippen molar-refractivity contribution in [3.8, 4) is 17.6 Å². The van der Waals surface area contributed by atoms with Gasteiger partial charge in [-0.05, 0) is 38.3 Å². The summed E-state index contributed by atoms with van der Waals surface area (Å²) in [5.41, 5.74) is 0.506. The van der Waals surface area contributed by atoms with Gasteiger partial charge in [-0.15, -0.1) is 0 Å². The lowest BCUT2D eigenvalue weighted by molar-refractivity contribution is -0.143. The van der Waals surface area contributed by atoms with Gasteiger partial charge in [0.15, 0.2) is 0 Å². The van der Waals surface area contributed by atoms with Gasteiger partial charge in [0.1, 0.15) is 11.5 Å². The number of esters is 1. The summed E-state index contributed by atoms with van der Waals surface area (Å²) < 4.78 is 15.6. The summed E-state index contributed by atoms with van der Waals surface area (Å²) in [5.74, 6) is 1.08. The van der Waals surface area contributed by atoms with Crippen LogP contribution in [-0.2, 0) is 9.53 Å². The number of rotatable bonds is 9. The molecule has 0 amide bonds. The minimum Gasteiger partial charge on any atom is -0.497 e. The van der Waals surface area contributed by atoms with Crippen LogP contribution in [-0.4, -0.2) is 26.3 Å². The first-order valence-corrected chi connectivity index (χ1v) is 7.07. The van der Waals surface area contributed by atoms with E-state index in [1.165, 1.54) is 0 Å². The molecule has 1 rings (SSSR count). The Morgan fingerprint density at radius 2 is 1.95 bits per heavy atom. The second-order valence-corrected chi connectivity index (χ2v) is 4.47. The molecule has 1 aromatic carbocycles. The van der Waals surface area contributed by atoms with Crippen molar-refractivity contribution in [1.29, 1.82) is 5.26 Å². The molecule has 0 heterocycles. The number of benzene rings is 1. The van der Waals surface area contributed by atoms with Crippen LogP contribution in [0.15, 0.2) is 18.2 Å². The van der Waals surface area contributed by atoms with Crippen LogP contribution >= 0.6 is 0 Å². The van der Waals surface area contributed by atoms with Crippen LogP contribution < -0.4 is 9.47 Å². The molecule has 0 unspecified atom stereocenters. The van der Waals surface area contributed by atoms with E-state index in [1.54, 1.807) is 32.2 Å². The molecule has 1 aromatic rings. The van der Waals surface area contributed by atoms with Crippen LogP contribution in [0.1, 0.15) is 38.2 Å². The Morgan fingerprint density at radius 3 is 2.62 bits per heavy atom. The van der Waals surface area contributed by atoms with Crippen LogP contribution in [0, 0.1) is 11.3 Å². The normalized spacial score (nSPS) is 9.76. The van der Waals surface area contributed by atoms with E-state index in [1.807, 2.05) is 0 Å². The molecule has 5 heteroatoms. The van der Waals surface area contributed by atoms with Gasteiger partial charge in [0.2, 0.25) is 0 Å². The minimum absolute atomic E-state index is 0.148. The molecule has 0 atom stereocenters. The standard InChI is InChI=1S/C16H21NO4/c1-3-20-16(18)7-5-4-6-8-21-15-10-13(12-17)9-14(11-15)19-2/h9-11H,3-8H2,1-2H3. The van der Waals surface area contributed by atoms with E-state index >= 15 is 0 Å². The Morgan fingerprint density at radius 1 is 1.19 bits per heavy atom. The first kappa shape index (κ1) is 16.8. The first-order valence-electron chi connectivity index (χ1n) is 7.07. The average molecular weight is 291 g/mol. The van der Waals surface area contributed by atoms with Crippen LogP contribution in [0.5, 0.6) is 11.5 Å². The molecular formula is C16H21NO4. The summed E-state index contributed by atoms with van der Waals surface area (Å²) in [7, 11) is 1.55. The van der Waals surface area contributed by atoms with E-state index in [9.17, 15) is 4.79 Å². The number of nitrogens with zero attached hydrogens (tertiary/aromatic N) is 1. The number of unbranched alkanes of at least 4 members (excludes halogenated alkanes) is 2. The summed E-state index contributed by atoms with van der Waals surface area (Å²) in [6.45, 7) is 2.77. The minimum atomic E-state index is -0.148. The number of carbonyl (C=O) groups is 1. The van der Waals surface area contributed by atoms with Gasteiger partial charge in [-0.1, -0.05) is 0 Å². The maximum atomic E-state index is 11.1. The van der Waals surface area contributed by atoms with Gasteiger partial charge in [0, 0.05) is 12.5 Å². The fourth-order valence-corrected chi connectivity index (χ4v) is 1.81. The average Bonchev–Trinajstić information content (AvgIpc) is 2.50. The molecule has 0 aliphatic carbocycles. The maximum absolute atomic E-state index is 11.1.